The third-order valence-electron chi connectivity index (χ3n) is 5.64. The second kappa shape index (κ2) is 15.6. The number of nitrogens with one attached hydrogen (secondary N) is 3. The molecule has 2 rings (SSSR count). The van der Waals surface area contributed by atoms with Gasteiger partial charge in [-0.1, -0.05) is 42.5 Å². The van der Waals surface area contributed by atoms with E-state index < -0.39 is 48.4 Å². The van der Waals surface area contributed by atoms with Gasteiger partial charge in [0.15, 0.2) is 5.96 Å². The number of carboxylic acids is 1. The number of nitrogens with two attached hydrogens (primary N) is 3. The van der Waals surface area contributed by atoms with Gasteiger partial charge in [-0.2, -0.15) is 0 Å². The van der Waals surface area contributed by atoms with E-state index in [2.05, 4.69) is 20.9 Å². The molecule has 3 atom stereocenters. The number of aromatic hydroxyl groups is 1. The molecule has 0 saturated carbocycles. The lowest BCUT2D eigenvalue weighted by molar-refractivity contribution is -0.138. The Morgan fingerprint density at radius 3 is 2.05 bits per heavy atom. The molecule has 0 aliphatic carbocycles. The van der Waals surface area contributed by atoms with E-state index in [1.54, 1.807) is 42.5 Å². The molecule has 0 saturated heterocycles. The fourth-order valence-corrected chi connectivity index (χ4v) is 3.65. The summed E-state index contributed by atoms with van der Waals surface area (Å²) in [6, 6.07) is 11.9. The largest absolute Gasteiger partial charge is 0.508 e. The van der Waals surface area contributed by atoms with E-state index >= 15 is 0 Å². The second-order valence-corrected chi connectivity index (χ2v) is 8.85. The van der Waals surface area contributed by atoms with E-state index in [1.807, 2.05) is 0 Å². The van der Waals surface area contributed by atoms with E-state index in [9.17, 15) is 24.3 Å². The molecule has 3 unspecified atom stereocenters. The number of amides is 3. The van der Waals surface area contributed by atoms with Crippen molar-refractivity contribution < 1.29 is 29.4 Å². The molecule has 39 heavy (non-hydrogen) atoms. The highest BCUT2D eigenvalue weighted by Crippen LogP contribution is 2.11. The highest BCUT2D eigenvalue weighted by atomic mass is 16.4. The molecule has 3 amide bonds. The van der Waals surface area contributed by atoms with Crippen LogP contribution in [0.4, 0.5) is 0 Å². The van der Waals surface area contributed by atoms with Gasteiger partial charge in [-0.15, -0.1) is 0 Å². The Bertz CT molecular complexity index is 1140. The number of benzene rings is 2. The van der Waals surface area contributed by atoms with Crippen LogP contribution in [0.2, 0.25) is 0 Å². The number of aliphatic imine (C=N–C) groups is 1. The van der Waals surface area contributed by atoms with Crippen LogP contribution in [0.3, 0.4) is 0 Å². The second-order valence-electron chi connectivity index (χ2n) is 8.85. The number of nitrogens with zero attached hydrogens (tertiary/aromatic N) is 1. The molecule has 0 heterocycles. The van der Waals surface area contributed by atoms with E-state index in [1.165, 1.54) is 12.1 Å². The Morgan fingerprint density at radius 1 is 0.821 bits per heavy atom. The summed E-state index contributed by atoms with van der Waals surface area (Å²) in [6.45, 7) is -0.418. The molecule has 0 aromatic heterocycles. The minimum atomic E-state index is -1.24. The van der Waals surface area contributed by atoms with Crippen LogP contribution in [-0.2, 0) is 32.0 Å². The van der Waals surface area contributed by atoms with Gasteiger partial charge in [-0.25, -0.2) is 0 Å². The molecule has 0 aliphatic heterocycles. The van der Waals surface area contributed by atoms with Crippen LogP contribution >= 0.6 is 0 Å². The van der Waals surface area contributed by atoms with Crippen LogP contribution in [-0.4, -0.2) is 71.1 Å². The standard InChI is InChI=1S/C26H35N7O6/c27-19(13-17-8-10-18(34)11-9-17)23(37)32-20(7-4-12-30-26(28)29)25(39)33-21(24(38)31-15-22(35)36)14-16-5-2-1-3-6-16/h1-3,5-6,8-11,19-21,34H,4,7,12-15,27H2,(H,31,38)(H,32,37)(H,33,39)(H,35,36)(H4,28,29,30). The maximum atomic E-state index is 13.3. The summed E-state index contributed by atoms with van der Waals surface area (Å²) in [7, 11) is 0. The van der Waals surface area contributed by atoms with Crippen molar-refractivity contribution in [1.82, 2.24) is 16.0 Å². The predicted octanol–water partition coefficient (Wildman–Crippen LogP) is -1.27. The summed E-state index contributed by atoms with van der Waals surface area (Å²) < 4.78 is 0. The van der Waals surface area contributed by atoms with Crippen molar-refractivity contribution >= 4 is 29.7 Å². The molecule has 2 aromatic carbocycles. The summed E-state index contributed by atoms with van der Waals surface area (Å²) in [4.78, 5) is 53.7. The van der Waals surface area contributed by atoms with Gasteiger partial charge in [0.2, 0.25) is 17.7 Å². The highest BCUT2D eigenvalue weighted by Gasteiger charge is 2.28. The van der Waals surface area contributed by atoms with Gasteiger partial charge in [-0.3, -0.25) is 24.2 Å². The summed E-state index contributed by atoms with van der Waals surface area (Å²) in [5, 5.41) is 25.9. The Kier molecular flexibility index (Phi) is 12.2. The third kappa shape index (κ3) is 11.5. The first-order valence-electron chi connectivity index (χ1n) is 12.3. The number of phenolic OH excluding ortho intramolecular Hbond substituents is 1. The van der Waals surface area contributed by atoms with Crippen LogP contribution in [0, 0.1) is 0 Å². The van der Waals surface area contributed by atoms with Crippen LogP contribution in [0.1, 0.15) is 24.0 Å². The van der Waals surface area contributed by atoms with Gasteiger partial charge in [-0.05, 0) is 42.5 Å². The molecule has 0 spiro atoms. The molecular formula is C26H35N7O6. The first-order valence-corrected chi connectivity index (χ1v) is 12.3. The molecule has 11 N–H and O–H groups in total. The minimum Gasteiger partial charge on any atom is -0.508 e. The van der Waals surface area contributed by atoms with Gasteiger partial charge in [0.05, 0.1) is 6.04 Å². The molecular weight excluding hydrogens is 506 g/mol. The zero-order valence-electron chi connectivity index (χ0n) is 21.4. The number of carboxylic acid groups (broad SMARTS) is 1. The van der Waals surface area contributed by atoms with E-state index in [-0.39, 0.29) is 37.5 Å². The lowest BCUT2D eigenvalue weighted by Crippen LogP contribution is -2.56. The maximum Gasteiger partial charge on any atom is 0.322 e. The minimum absolute atomic E-state index is 0.0757. The molecule has 0 radical (unpaired) electrons. The number of guanidine groups is 1. The quantitative estimate of drug-likeness (QED) is 0.0761. The van der Waals surface area contributed by atoms with Gasteiger partial charge in [0.25, 0.3) is 0 Å². The fraction of sp³-hybridized carbons (Fsp3) is 0.346. The first-order chi connectivity index (χ1) is 18.5. The Hall–Kier alpha value is -4.65. The van der Waals surface area contributed by atoms with E-state index in [0.29, 0.717) is 12.0 Å². The van der Waals surface area contributed by atoms with Crippen LogP contribution in [0.25, 0.3) is 0 Å². The number of rotatable bonds is 15. The monoisotopic (exact) mass is 541 g/mol. The highest BCUT2D eigenvalue weighted by molar-refractivity contribution is 5.93. The van der Waals surface area contributed by atoms with Crippen molar-refractivity contribution in [1.29, 1.82) is 0 Å². The number of hydrogen-bond donors (Lipinski definition) is 8. The van der Waals surface area contributed by atoms with Crippen LogP contribution in [0.5, 0.6) is 5.75 Å². The SMILES string of the molecule is NC(N)=NCCCC(NC(=O)C(N)Cc1ccc(O)cc1)C(=O)NC(Cc1ccccc1)C(=O)NCC(=O)O. The lowest BCUT2D eigenvalue weighted by Gasteiger charge is -2.24. The summed E-state index contributed by atoms with van der Waals surface area (Å²) >= 11 is 0. The fourth-order valence-electron chi connectivity index (χ4n) is 3.65. The first kappa shape index (κ1) is 30.6. The van der Waals surface area contributed by atoms with Crippen molar-refractivity contribution in [2.75, 3.05) is 13.1 Å². The van der Waals surface area contributed by atoms with Crippen molar-refractivity contribution in [3.05, 3.63) is 65.7 Å². The zero-order valence-corrected chi connectivity index (χ0v) is 21.4. The topological polar surface area (TPSA) is 235 Å². The Labute approximate surface area is 225 Å². The number of hydrogen-bond acceptors (Lipinski definition) is 7. The third-order valence-corrected chi connectivity index (χ3v) is 5.64. The number of carbonyl (C=O) groups excluding carboxylic acids is 3. The average Bonchev–Trinajstić information content (AvgIpc) is 2.90. The zero-order chi connectivity index (χ0) is 28.8. The molecule has 13 nitrogen and oxygen atoms in total. The van der Waals surface area contributed by atoms with Gasteiger partial charge < -0.3 is 43.4 Å². The average molecular weight is 542 g/mol. The summed E-state index contributed by atoms with van der Waals surface area (Å²) in [6.07, 6.45) is 0.711. The van der Waals surface area contributed by atoms with Crippen molar-refractivity contribution in [3.63, 3.8) is 0 Å². The van der Waals surface area contributed by atoms with E-state index in [4.69, 9.17) is 22.3 Å². The van der Waals surface area contributed by atoms with Crippen molar-refractivity contribution in [3.8, 4) is 5.75 Å². The van der Waals surface area contributed by atoms with Gasteiger partial charge >= 0.3 is 5.97 Å². The normalized spacial score (nSPS) is 12.8. The molecule has 0 aliphatic rings. The number of carbonyl (C=O) groups is 4. The smallest absolute Gasteiger partial charge is 0.322 e. The summed E-state index contributed by atoms with van der Waals surface area (Å²) in [5.41, 5.74) is 18.2. The van der Waals surface area contributed by atoms with Crippen LogP contribution in [0.15, 0.2) is 59.6 Å². The molecule has 0 fully saturated rings. The Balaban J connectivity index is 2.16. The lowest BCUT2D eigenvalue weighted by atomic mass is 10.0. The van der Waals surface area contributed by atoms with Gasteiger partial charge in [0.1, 0.15) is 24.4 Å². The maximum absolute atomic E-state index is 13.3. The number of aliphatic carboxylic acids is 1. The van der Waals surface area contributed by atoms with Crippen LogP contribution < -0.4 is 33.2 Å². The molecule has 13 heteroatoms. The van der Waals surface area contributed by atoms with E-state index in [0.717, 1.165) is 5.56 Å². The predicted molar refractivity (Wildman–Crippen MR) is 144 cm³/mol. The number of phenols is 1. The molecule has 210 valence electrons. The Morgan fingerprint density at radius 2 is 1.44 bits per heavy atom. The molecule has 2 aromatic rings. The van der Waals surface area contributed by atoms with Gasteiger partial charge in [0, 0.05) is 13.0 Å². The van der Waals surface area contributed by atoms with Crippen molar-refractivity contribution in [2.45, 2.75) is 43.8 Å². The summed E-state index contributed by atoms with van der Waals surface area (Å²) in [5.74, 6) is -3.22. The molecule has 0 bridgehead atoms. The van der Waals surface area contributed by atoms with Crippen molar-refractivity contribution in [2.24, 2.45) is 22.2 Å².